The minimum absolute atomic E-state index is 0.0433. The predicted molar refractivity (Wildman–Crippen MR) is 126 cm³/mol. The first-order valence-electron chi connectivity index (χ1n) is 10.9. The Kier molecular flexibility index (Phi) is 5.73. The molecule has 3 aromatic carbocycles. The van der Waals surface area contributed by atoms with Crippen LogP contribution in [0.3, 0.4) is 0 Å². The second-order valence-electron chi connectivity index (χ2n) is 8.18. The number of nitrogens with one attached hydrogen (secondary N) is 2. The molecule has 1 aliphatic rings. The fourth-order valence-corrected chi connectivity index (χ4v) is 4.29. The second-order valence-corrected chi connectivity index (χ2v) is 8.18. The van der Waals surface area contributed by atoms with Crippen molar-refractivity contribution in [2.45, 2.75) is 12.8 Å². The summed E-state index contributed by atoms with van der Waals surface area (Å²) in [5, 5.41) is 10.7. The van der Waals surface area contributed by atoms with Crippen LogP contribution in [0.25, 0.3) is 10.8 Å². The van der Waals surface area contributed by atoms with E-state index in [1.165, 1.54) is 6.07 Å². The molecule has 0 saturated carbocycles. The Hall–Kier alpha value is -4.17. The van der Waals surface area contributed by atoms with E-state index in [0.29, 0.717) is 34.0 Å². The van der Waals surface area contributed by atoms with Gasteiger partial charge in [-0.25, -0.2) is 14.4 Å². The Morgan fingerprint density at radius 1 is 0.824 bits per heavy atom. The van der Waals surface area contributed by atoms with E-state index < -0.39 is 17.6 Å². The molecule has 4 aromatic rings. The van der Waals surface area contributed by atoms with Crippen LogP contribution in [0, 0.1) is 5.82 Å². The number of fused-ring (bicyclic) bond motifs is 1. The van der Waals surface area contributed by atoms with Crippen molar-refractivity contribution in [1.29, 1.82) is 0 Å². The Balaban J connectivity index is 1.64. The number of anilines is 1. The molecule has 0 spiro atoms. The average Bonchev–Trinajstić information content (AvgIpc) is 2.84. The van der Waals surface area contributed by atoms with E-state index >= 15 is 4.39 Å². The molecular weight excluding hydrogens is 435 g/mol. The fourth-order valence-electron chi connectivity index (χ4n) is 4.29. The second kappa shape index (κ2) is 8.99. The van der Waals surface area contributed by atoms with Gasteiger partial charge in [-0.1, -0.05) is 48.5 Å². The van der Waals surface area contributed by atoms with Gasteiger partial charge in [-0.2, -0.15) is 5.10 Å². The number of aromatic amines is 1. The summed E-state index contributed by atoms with van der Waals surface area (Å²) in [5.74, 6) is -1.66. The number of carbonyl (C=O) groups excluding carboxylic acids is 2. The molecule has 0 radical (unpaired) electrons. The standard InChI is InChI=1S/C26H21FN4O3/c27-21-11-17(10-16-6-2-1-3-7-16)18(13-23(21)31-24(32)14-28-15-25(31)33)12-22-19-8-4-5-9-20(19)26(34)30-29-22/h1-9,11,13,28H,10,12,14-15H2,(H,30,34). The van der Waals surface area contributed by atoms with Crippen LogP contribution in [0.5, 0.6) is 0 Å². The van der Waals surface area contributed by atoms with Gasteiger partial charge in [0.05, 0.1) is 29.9 Å². The van der Waals surface area contributed by atoms with Crippen LogP contribution in [0.15, 0.2) is 71.5 Å². The molecule has 2 N–H and O–H groups in total. The zero-order valence-electron chi connectivity index (χ0n) is 18.2. The molecule has 170 valence electrons. The maximum Gasteiger partial charge on any atom is 0.272 e. The molecule has 8 heteroatoms. The maximum atomic E-state index is 15.3. The average molecular weight is 456 g/mol. The SMILES string of the molecule is O=C1CNCC(=O)N1c1cc(Cc2n[nH]c(=O)c3ccccc23)c(Cc2ccccc2)cc1F. The summed E-state index contributed by atoms with van der Waals surface area (Å²) < 4.78 is 15.3. The quantitative estimate of drug-likeness (QED) is 0.451. The van der Waals surface area contributed by atoms with Crippen LogP contribution in [-0.2, 0) is 22.4 Å². The molecule has 5 rings (SSSR count). The number of imide groups is 1. The molecule has 1 aromatic heterocycles. The molecule has 1 aliphatic heterocycles. The van der Waals surface area contributed by atoms with Crippen LogP contribution in [-0.4, -0.2) is 35.1 Å². The van der Waals surface area contributed by atoms with Gasteiger partial charge in [-0.05, 0) is 41.3 Å². The van der Waals surface area contributed by atoms with E-state index in [9.17, 15) is 14.4 Å². The molecule has 0 atom stereocenters. The number of rotatable bonds is 5. The first kappa shape index (κ1) is 21.7. The van der Waals surface area contributed by atoms with Gasteiger partial charge in [0.1, 0.15) is 5.82 Å². The molecule has 0 bridgehead atoms. The minimum Gasteiger partial charge on any atom is -0.300 e. The number of H-pyrrole nitrogens is 1. The molecule has 1 saturated heterocycles. The number of halogens is 1. The highest BCUT2D eigenvalue weighted by molar-refractivity contribution is 6.17. The van der Waals surface area contributed by atoms with Crippen molar-refractivity contribution in [3.63, 3.8) is 0 Å². The lowest BCUT2D eigenvalue weighted by atomic mass is 9.94. The van der Waals surface area contributed by atoms with Crippen LogP contribution in [0.2, 0.25) is 0 Å². The third kappa shape index (κ3) is 4.11. The maximum absolute atomic E-state index is 15.3. The topological polar surface area (TPSA) is 95.2 Å². The Morgan fingerprint density at radius 2 is 1.47 bits per heavy atom. The van der Waals surface area contributed by atoms with Gasteiger partial charge in [0.15, 0.2) is 0 Å². The molecule has 2 heterocycles. The van der Waals surface area contributed by atoms with E-state index in [-0.39, 0.29) is 30.8 Å². The molecule has 1 fully saturated rings. The van der Waals surface area contributed by atoms with E-state index in [2.05, 4.69) is 15.5 Å². The zero-order valence-corrected chi connectivity index (χ0v) is 18.2. The molecule has 0 unspecified atom stereocenters. The Morgan fingerprint density at radius 3 is 2.21 bits per heavy atom. The summed E-state index contributed by atoms with van der Waals surface area (Å²) in [7, 11) is 0. The monoisotopic (exact) mass is 456 g/mol. The molecule has 2 amide bonds. The largest absolute Gasteiger partial charge is 0.300 e. The number of hydrogen-bond acceptors (Lipinski definition) is 5. The number of nitrogens with zero attached hydrogens (tertiary/aromatic N) is 2. The van der Waals surface area contributed by atoms with Crippen LogP contribution < -0.4 is 15.8 Å². The van der Waals surface area contributed by atoms with E-state index in [1.54, 1.807) is 18.2 Å². The number of hydrogen-bond donors (Lipinski definition) is 2. The van der Waals surface area contributed by atoms with Crippen LogP contribution >= 0.6 is 0 Å². The lowest BCUT2D eigenvalue weighted by Gasteiger charge is -2.27. The summed E-state index contributed by atoms with van der Waals surface area (Å²) in [6.45, 7) is -0.0865. The van der Waals surface area contributed by atoms with Gasteiger partial charge < -0.3 is 0 Å². The number of piperazine rings is 1. The van der Waals surface area contributed by atoms with Gasteiger partial charge in [-0.15, -0.1) is 0 Å². The van der Waals surface area contributed by atoms with E-state index in [4.69, 9.17) is 0 Å². The normalized spacial score (nSPS) is 14.1. The fraction of sp³-hybridized carbons (Fsp3) is 0.154. The van der Waals surface area contributed by atoms with Gasteiger partial charge in [0.2, 0.25) is 11.8 Å². The highest BCUT2D eigenvalue weighted by Gasteiger charge is 2.30. The summed E-state index contributed by atoms with van der Waals surface area (Å²) in [4.78, 5) is 38.0. The Bertz CT molecular complexity index is 1450. The van der Waals surface area contributed by atoms with Crippen molar-refractivity contribution in [2.24, 2.45) is 0 Å². The van der Waals surface area contributed by atoms with Crippen molar-refractivity contribution in [2.75, 3.05) is 18.0 Å². The van der Waals surface area contributed by atoms with Gasteiger partial charge >= 0.3 is 0 Å². The smallest absolute Gasteiger partial charge is 0.272 e. The van der Waals surface area contributed by atoms with Crippen molar-refractivity contribution >= 4 is 28.3 Å². The number of amides is 2. The molecular formula is C26H21FN4O3. The third-order valence-electron chi connectivity index (χ3n) is 5.93. The zero-order chi connectivity index (χ0) is 23.7. The highest BCUT2D eigenvalue weighted by Crippen LogP contribution is 2.29. The minimum atomic E-state index is -0.641. The lowest BCUT2D eigenvalue weighted by Crippen LogP contribution is -2.52. The first-order chi connectivity index (χ1) is 16.5. The third-order valence-corrected chi connectivity index (χ3v) is 5.93. The van der Waals surface area contributed by atoms with Crippen molar-refractivity contribution < 1.29 is 14.0 Å². The molecule has 7 nitrogen and oxygen atoms in total. The van der Waals surface area contributed by atoms with Crippen LogP contribution in [0.4, 0.5) is 10.1 Å². The van der Waals surface area contributed by atoms with Gasteiger partial charge in [-0.3, -0.25) is 19.7 Å². The van der Waals surface area contributed by atoms with Gasteiger partial charge in [0, 0.05) is 11.8 Å². The van der Waals surface area contributed by atoms with Gasteiger partial charge in [0.25, 0.3) is 5.56 Å². The van der Waals surface area contributed by atoms with E-state index in [1.807, 2.05) is 42.5 Å². The number of benzene rings is 3. The summed E-state index contributed by atoms with van der Waals surface area (Å²) in [6.07, 6.45) is 0.735. The predicted octanol–water partition coefficient (Wildman–Crippen LogP) is 2.71. The summed E-state index contributed by atoms with van der Waals surface area (Å²) >= 11 is 0. The number of aromatic nitrogens is 2. The van der Waals surface area contributed by atoms with Crippen molar-refractivity contribution in [3.05, 3.63) is 105 Å². The lowest BCUT2D eigenvalue weighted by molar-refractivity contribution is -0.127. The summed E-state index contributed by atoms with van der Waals surface area (Å²) in [5.41, 5.74) is 2.66. The van der Waals surface area contributed by atoms with Crippen LogP contribution in [0.1, 0.15) is 22.4 Å². The first-order valence-corrected chi connectivity index (χ1v) is 10.9. The van der Waals surface area contributed by atoms with E-state index in [0.717, 1.165) is 10.5 Å². The summed E-state index contributed by atoms with van der Waals surface area (Å²) in [6, 6.07) is 19.7. The molecule has 34 heavy (non-hydrogen) atoms. The van der Waals surface area contributed by atoms with Crippen molar-refractivity contribution in [3.8, 4) is 0 Å². The Labute approximate surface area is 194 Å². The van der Waals surface area contributed by atoms with Crippen molar-refractivity contribution in [1.82, 2.24) is 15.5 Å². The molecule has 0 aliphatic carbocycles. The number of carbonyl (C=O) groups is 2. The highest BCUT2D eigenvalue weighted by atomic mass is 19.1.